The van der Waals surface area contributed by atoms with Crippen molar-refractivity contribution in [3.63, 3.8) is 0 Å². The summed E-state index contributed by atoms with van der Waals surface area (Å²) in [7, 11) is 0. The maximum atomic E-state index is 14.1. The van der Waals surface area contributed by atoms with Crippen LogP contribution in [0.3, 0.4) is 0 Å². The molecule has 0 aliphatic heterocycles. The SMILES string of the molecule is C#CN(C(=O)C(Cc1ccccc1)NC(=O)OC(C)(C)C)C(C(=O)Nc1c(C)cccc1Cl)c1cccc(C=C)c1. The number of aryl methyl sites for hydroxylation is 1. The number of benzene rings is 3. The van der Waals surface area contributed by atoms with Crippen LogP contribution in [0, 0.1) is 19.4 Å². The van der Waals surface area contributed by atoms with Crippen molar-refractivity contribution in [1.29, 1.82) is 0 Å². The number of halogens is 1. The van der Waals surface area contributed by atoms with Crippen LogP contribution in [0.15, 0.2) is 79.4 Å². The minimum atomic E-state index is -1.26. The van der Waals surface area contributed by atoms with Crippen LogP contribution in [0.25, 0.3) is 6.08 Å². The number of anilines is 1. The molecule has 41 heavy (non-hydrogen) atoms. The Morgan fingerprint density at radius 2 is 1.76 bits per heavy atom. The largest absolute Gasteiger partial charge is 0.444 e. The fourth-order valence-corrected chi connectivity index (χ4v) is 4.46. The van der Waals surface area contributed by atoms with Gasteiger partial charge in [0.1, 0.15) is 17.7 Å². The van der Waals surface area contributed by atoms with E-state index in [1.807, 2.05) is 36.4 Å². The number of carbonyl (C=O) groups is 3. The van der Waals surface area contributed by atoms with Gasteiger partial charge in [0.2, 0.25) is 0 Å². The Balaban J connectivity index is 2.06. The van der Waals surface area contributed by atoms with E-state index in [0.717, 1.165) is 21.6 Å². The van der Waals surface area contributed by atoms with Crippen molar-refractivity contribution in [1.82, 2.24) is 10.2 Å². The average molecular weight is 572 g/mol. The van der Waals surface area contributed by atoms with Crippen LogP contribution >= 0.6 is 11.6 Å². The van der Waals surface area contributed by atoms with Gasteiger partial charge in [-0.3, -0.25) is 14.5 Å². The number of alkyl carbamates (subject to hydrolysis) is 1. The van der Waals surface area contributed by atoms with Gasteiger partial charge in [0.25, 0.3) is 11.8 Å². The van der Waals surface area contributed by atoms with Gasteiger partial charge in [0.15, 0.2) is 0 Å². The summed E-state index contributed by atoms with van der Waals surface area (Å²) in [6.07, 6.45) is 6.87. The first kappa shape index (κ1) is 31.0. The molecular weight excluding hydrogens is 538 g/mol. The van der Waals surface area contributed by atoms with Crippen molar-refractivity contribution in [3.8, 4) is 12.5 Å². The zero-order valence-corrected chi connectivity index (χ0v) is 24.4. The smallest absolute Gasteiger partial charge is 0.408 e. The predicted octanol–water partition coefficient (Wildman–Crippen LogP) is 6.53. The lowest BCUT2D eigenvalue weighted by Gasteiger charge is -2.31. The number of hydrogen-bond acceptors (Lipinski definition) is 4. The molecule has 0 aromatic heterocycles. The Morgan fingerprint density at radius 1 is 1.07 bits per heavy atom. The zero-order valence-electron chi connectivity index (χ0n) is 23.6. The summed E-state index contributed by atoms with van der Waals surface area (Å²) < 4.78 is 5.42. The number of hydrogen-bond donors (Lipinski definition) is 2. The minimum Gasteiger partial charge on any atom is -0.444 e. The van der Waals surface area contributed by atoms with Crippen molar-refractivity contribution in [3.05, 3.63) is 107 Å². The molecule has 0 saturated heterocycles. The van der Waals surface area contributed by atoms with Gasteiger partial charge in [-0.15, -0.1) is 0 Å². The minimum absolute atomic E-state index is 0.113. The molecule has 3 aromatic carbocycles. The summed E-state index contributed by atoms with van der Waals surface area (Å²) in [4.78, 5) is 41.8. The van der Waals surface area contributed by atoms with E-state index in [1.165, 1.54) is 0 Å². The van der Waals surface area contributed by atoms with Gasteiger partial charge in [0.05, 0.1) is 10.7 Å². The first-order valence-electron chi connectivity index (χ1n) is 13.0. The molecule has 7 nitrogen and oxygen atoms in total. The highest BCUT2D eigenvalue weighted by Crippen LogP contribution is 2.30. The molecule has 3 rings (SSSR count). The lowest BCUT2D eigenvalue weighted by Crippen LogP contribution is -2.51. The summed E-state index contributed by atoms with van der Waals surface area (Å²) in [5.74, 6) is -1.24. The van der Waals surface area contributed by atoms with Crippen molar-refractivity contribution in [2.45, 2.75) is 51.8 Å². The molecule has 0 saturated carbocycles. The number of ether oxygens (including phenoxy) is 1. The molecule has 0 bridgehead atoms. The molecule has 0 heterocycles. The Bertz CT molecular complexity index is 1440. The van der Waals surface area contributed by atoms with Gasteiger partial charge < -0.3 is 15.4 Å². The monoisotopic (exact) mass is 571 g/mol. The quantitative estimate of drug-likeness (QED) is 0.226. The van der Waals surface area contributed by atoms with E-state index in [2.05, 4.69) is 23.3 Å². The molecule has 212 valence electrons. The standard InChI is InChI=1S/C33H34ClN3O4/c1-7-23-17-13-18-25(20-23)29(30(38)36-28-22(3)14-12-19-26(28)34)37(8-2)31(39)27(21-24-15-10-9-11-16-24)35-32(40)41-33(4,5)6/h2,7,9-20,27,29H,1,21H2,3-6H3,(H,35,40)(H,36,38). The molecule has 0 fully saturated rings. The molecule has 3 aromatic rings. The van der Waals surface area contributed by atoms with Crippen LogP contribution in [0.2, 0.25) is 5.02 Å². The van der Waals surface area contributed by atoms with Crippen molar-refractivity contribution in [2.24, 2.45) is 0 Å². The number of rotatable bonds is 9. The third-order valence-electron chi connectivity index (χ3n) is 6.09. The third kappa shape index (κ3) is 8.47. The molecule has 2 atom stereocenters. The number of para-hydroxylation sites is 1. The Hall–Kier alpha value is -4.54. The molecule has 3 amide bonds. The molecule has 0 aliphatic rings. The fourth-order valence-electron chi connectivity index (χ4n) is 4.19. The molecule has 0 aliphatic carbocycles. The van der Waals surface area contributed by atoms with Crippen molar-refractivity contribution < 1.29 is 19.1 Å². The number of nitrogens with one attached hydrogen (secondary N) is 2. The second kappa shape index (κ2) is 13.7. The maximum absolute atomic E-state index is 14.1. The molecule has 2 N–H and O–H groups in total. The predicted molar refractivity (Wildman–Crippen MR) is 163 cm³/mol. The highest BCUT2D eigenvalue weighted by atomic mass is 35.5. The van der Waals surface area contributed by atoms with Crippen LogP contribution in [0.4, 0.5) is 10.5 Å². The summed E-state index contributed by atoms with van der Waals surface area (Å²) in [5, 5.41) is 5.84. The highest BCUT2D eigenvalue weighted by Gasteiger charge is 2.36. The summed E-state index contributed by atoms with van der Waals surface area (Å²) in [6.45, 7) is 10.8. The van der Waals surface area contributed by atoms with Gasteiger partial charge >= 0.3 is 6.09 Å². The van der Waals surface area contributed by atoms with Gasteiger partial charge in [0, 0.05) is 12.5 Å². The summed E-state index contributed by atoms with van der Waals surface area (Å²) in [6, 6.07) is 21.4. The molecule has 8 heteroatoms. The lowest BCUT2D eigenvalue weighted by atomic mass is 9.99. The van der Waals surface area contributed by atoms with E-state index in [1.54, 1.807) is 70.2 Å². The van der Waals surface area contributed by atoms with E-state index in [-0.39, 0.29) is 6.42 Å². The number of terminal acetylenes is 1. The zero-order chi connectivity index (χ0) is 30.2. The van der Waals surface area contributed by atoms with Crippen LogP contribution in [-0.4, -0.2) is 34.5 Å². The van der Waals surface area contributed by atoms with Crippen molar-refractivity contribution >= 4 is 41.3 Å². The average Bonchev–Trinajstić information content (AvgIpc) is 2.92. The van der Waals surface area contributed by atoms with Crippen LogP contribution in [-0.2, 0) is 20.7 Å². The Labute approximate surface area is 246 Å². The maximum Gasteiger partial charge on any atom is 0.408 e. The second-order valence-electron chi connectivity index (χ2n) is 10.4. The molecule has 0 spiro atoms. The van der Waals surface area contributed by atoms with Crippen LogP contribution in [0.1, 0.15) is 49.1 Å². The topological polar surface area (TPSA) is 87.7 Å². The number of carbonyl (C=O) groups excluding carboxylic acids is 3. The Morgan fingerprint density at radius 3 is 2.37 bits per heavy atom. The molecule has 2 unspecified atom stereocenters. The normalized spacial score (nSPS) is 12.3. The van der Waals surface area contributed by atoms with Gasteiger partial charge in [-0.25, -0.2) is 4.79 Å². The van der Waals surface area contributed by atoms with Crippen molar-refractivity contribution in [2.75, 3.05) is 5.32 Å². The second-order valence-corrected chi connectivity index (χ2v) is 10.8. The first-order valence-corrected chi connectivity index (χ1v) is 13.4. The van der Waals surface area contributed by atoms with E-state index in [4.69, 9.17) is 22.8 Å². The summed E-state index contributed by atoms with van der Waals surface area (Å²) >= 11 is 6.39. The number of nitrogens with zero attached hydrogens (tertiary/aromatic N) is 1. The Kier molecular flexibility index (Phi) is 10.3. The lowest BCUT2D eigenvalue weighted by molar-refractivity contribution is -0.136. The fraction of sp³-hybridized carbons (Fsp3) is 0.242. The first-order chi connectivity index (χ1) is 19.4. The summed E-state index contributed by atoms with van der Waals surface area (Å²) in [5.41, 5.74) is 2.30. The van der Waals surface area contributed by atoms with Gasteiger partial charge in [-0.05, 0) is 62.1 Å². The van der Waals surface area contributed by atoms with E-state index in [0.29, 0.717) is 16.3 Å². The van der Waals surface area contributed by atoms with Crippen LogP contribution in [0.5, 0.6) is 0 Å². The molecule has 0 radical (unpaired) electrons. The van der Waals surface area contributed by atoms with E-state index < -0.39 is 35.6 Å². The number of amides is 3. The van der Waals surface area contributed by atoms with E-state index >= 15 is 0 Å². The third-order valence-corrected chi connectivity index (χ3v) is 6.40. The highest BCUT2D eigenvalue weighted by molar-refractivity contribution is 6.34. The van der Waals surface area contributed by atoms with Crippen LogP contribution < -0.4 is 10.6 Å². The van der Waals surface area contributed by atoms with E-state index in [9.17, 15) is 14.4 Å². The van der Waals surface area contributed by atoms with Gasteiger partial charge in [-0.2, -0.15) is 0 Å². The molecular formula is C33H34ClN3O4. The van der Waals surface area contributed by atoms with Gasteiger partial charge in [-0.1, -0.05) is 91.3 Å².